The van der Waals surface area contributed by atoms with Gasteiger partial charge in [-0.1, -0.05) is 53.5 Å². The van der Waals surface area contributed by atoms with Crippen LogP contribution < -0.4 is 15.5 Å². The third-order valence-electron chi connectivity index (χ3n) is 4.46. The predicted molar refractivity (Wildman–Crippen MR) is 123 cm³/mol. The lowest BCUT2D eigenvalue weighted by atomic mass is 10.1. The Morgan fingerprint density at radius 1 is 0.867 bits per heavy atom. The molecule has 0 fully saturated rings. The number of hydrogen-bond donors (Lipinski definition) is 2. The Morgan fingerprint density at radius 3 is 2.27 bits per heavy atom. The Bertz CT molecular complexity index is 1070. The van der Waals surface area contributed by atoms with Crippen molar-refractivity contribution in [3.8, 4) is 0 Å². The maximum atomic E-state index is 12.9. The summed E-state index contributed by atoms with van der Waals surface area (Å²) >= 11 is 11.9. The summed E-state index contributed by atoms with van der Waals surface area (Å²) in [4.78, 5) is 27.3. The van der Waals surface area contributed by atoms with E-state index in [0.29, 0.717) is 33.4 Å². The molecule has 0 saturated heterocycles. The van der Waals surface area contributed by atoms with Gasteiger partial charge in [-0.2, -0.15) is 0 Å². The van der Waals surface area contributed by atoms with Crippen LogP contribution in [0.2, 0.25) is 10.0 Å². The van der Waals surface area contributed by atoms with Gasteiger partial charge >= 0.3 is 0 Å². The molecule has 0 radical (unpaired) electrons. The highest BCUT2D eigenvalue weighted by atomic mass is 35.5. The lowest BCUT2D eigenvalue weighted by Gasteiger charge is -2.18. The van der Waals surface area contributed by atoms with Crippen molar-refractivity contribution in [3.63, 3.8) is 0 Å². The van der Waals surface area contributed by atoms with Gasteiger partial charge in [0.2, 0.25) is 0 Å². The fourth-order valence-corrected chi connectivity index (χ4v) is 3.20. The summed E-state index contributed by atoms with van der Waals surface area (Å²) < 4.78 is 0. The van der Waals surface area contributed by atoms with Crippen LogP contribution in [0, 0.1) is 0 Å². The van der Waals surface area contributed by atoms with Crippen molar-refractivity contribution in [3.05, 3.63) is 93.5 Å². The van der Waals surface area contributed by atoms with Gasteiger partial charge in [-0.15, -0.1) is 0 Å². The van der Waals surface area contributed by atoms with Gasteiger partial charge in [0, 0.05) is 37.6 Å². The Balaban J connectivity index is 1.80. The number of hydrogen-bond acceptors (Lipinski definition) is 3. The number of amides is 2. The average Bonchev–Trinajstić information content (AvgIpc) is 2.74. The number of halogens is 2. The summed E-state index contributed by atoms with van der Waals surface area (Å²) in [5.74, 6) is -0.574. The Labute approximate surface area is 185 Å². The van der Waals surface area contributed by atoms with Crippen LogP contribution in [0.15, 0.2) is 66.7 Å². The highest BCUT2D eigenvalue weighted by molar-refractivity contribution is 6.42. The molecule has 3 rings (SSSR count). The van der Waals surface area contributed by atoms with E-state index in [1.807, 2.05) is 49.3 Å². The van der Waals surface area contributed by atoms with Gasteiger partial charge in [0.25, 0.3) is 11.8 Å². The molecular weight excluding hydrogens is 421 g/mol. The molecule has 0 bridgehead atoms. The van der Waals surface area contributed by atoms with Crippen molar-refractivity contribution >= 4 is 46.4 Å². The molecule has 2 N–H and O–H groups in total. The van der Waals surface area contributed by atoms with E-state index in [9.17, 15) is 9.59 Å². The van der Waals surface area contributed by atoms with Crippen molar-refractivity contribution in [1.29, 1.82) is 0 Å². The quantitative estimate of drug-likeness (QED) is 0.549. The molecule has 0 unspecified atom stereocenters. The SMILES string of the molecule is CN(C)c1ccc(NC(=O)c2ccc(Cl)c(Cl)c2)cc1C(=O)NCc1ccccc1. The Hall–Kier alpha value is -3.02. The zero-order valence-electron chi connectivity index (χ0n) is 16.6. The highest BCUT2D eigenvalue weighted by Gasteiger charge is 2.16. The largest absolute Gasteiger partial charge is 0.377 e. The smallest absolute Gasteiger partial charge is 0.255 e. The second-order valence-electron chi connectivity index (χ2n) is 6.88. The van der Waals surface area contributed by atoms with Gasteiger partial charge in [-0.05, 0) is 42.0 Å². The lowest BCUT2D eigenvalue weighted by molar-refractivity contribution is 0.0950. The van der Waals surface area contributed by atoms with E-state index < -0.39 is 0 Å². The summed E-state index contributed by atoms with van der Waals surface area (Å²) in [5, 5.41) is 6.40. The van der Waals surface area contributed by atoms with E-state index in [-0.39, 0.29) is 11.8 Å². The second kappa shape index (κ2) is 9.65. The standard InChI is InChI=1S/C23H21Cl2N3O2/c1-28(2)21-11-9-17(27-22(29)16-8-10-19(24)20(25)12-16)13-18(21)23(30)26-14-15-6-4-3-5-7-15/h3-13H,14H2,1-2H3,(H,26,30)(H,27,29). The topological polar surface area (TPSA) is 61.4 Å². The van der Waals surface area contributed by atoms with E-state index >= 15 is 0 Å². The minimum Gasteiger partial charge on any atom is -0.377 e. The second-order valence-corrected chi connectivity index (χ2v) is 7.69. The number of carbonyl (C=O) groups excluding carboxylic acids is 2. The minimum absolute atomic E-state index is 0.229. The molecule has 0 saturated carbocycles. The van der Waals surface area contributed by atoms with Gasteiger partial charge in [-0.3, -0.25) is 9.59 Å². The molecule has 0 aliphatic rings. The van der Waals surface area contributed by atoms with Gasteiger partial charge < -0.3 is 15.5 Å². The third-order valence-corrected chi connectivity index (χ3v) is 5.20. The van der Waals surface area contributed by atoms with E-state index in [1.165, 1.54) is 6.07 Å². The molecule has 7 heteroatoms. The van der Waals surface area contributed by atoms with Crippen LogP contribution in [0.1, 0.15) is 26.3 Å². The number of carbonyl (C=O) groups is 2. The maximum Gasteiger partial charge on any atom is 0.255 e. The van der Waals surface area contributed by atoms with Gasteiger partial charge in [-0.25, -0.2) is 0 Å². The summed E-state index contributed by atoms with van der Waals surface area (Å²) in [7, 11) is 3.72. The van der Waals surface area contributed by atoms with Crippen molar-refractivity contribution < 1.29 is 9.59 Å². The molecule has 0 aromatic heterocycles. The molecule has 5 nitrogen and oxygen atoms in total. The van der Waals surface area contributed by atoms with Crippen molar-refractivity contribution in [1.82, 2.24) is 5.32 Å². The molecule has 0 spiro atoms. The zero-order chi connectivity index (χ0) is 21.7. The Kier molecular flexibility index (Phi) is 6.98. The maximum absolute atomic E-state index is 12.9. The molecule has 3 aromatic rings. The first-order valence-corrected chi connectivity index (χ1v) is 10.0. The van der Waals surface area contributed by atoms with Crippen molar-refractivity contribution in [2.24, 2.45) is 0 Å². The fraction of sp³-hybridized carbons (Fsp3) is 0.130. The van der Waals surface area contributed by atoms with Gasteiger partial charge in [0.15, 0.2) is 0 Å². The van der Waals surface area contributed by atoms with E-state index in [0.717, 1.165) is 11.3 Å². The van der Waals surface area contributed by atoms with Crippen LogP contribution in [-0.2, 0) is 6.54 Å². The van der Waals surface area contributed by atoms with Crippen LogP contribution in [-0.4, -0.2) is 25.9 Å². The van der Waals surface area contributed by atoms with Gasteiger partial charge in [0.05, 0.1) is 15.6 Å². The molecule has 30 heavy (non-hydrogen) atoms. The molecule has 0 atom stereocenters. The van der Waals surface area contributed by atoms with Crippen LogP contribution in [0.3, 0.4) is 0 Å². The molecular formula is C23H21Cl2N3O2. The monoisotopic (exact) mass is 441 g/mol. The lowest BCUT2D eigenvalue weighted by Crippen LogP contribution is -2.25. The first kappa shape index (κ1) is 21.7. The highest BCUT2D eigenvalue weighted by Crippen LogP contribution is 2.25. The van der Waals surface area contributed by atoms with Crippen LogP contribution in [0.4, 0.5) is 11.4 Å². The number of benzene rings is 3. The number of nitrogens with zero attached hydrogens (tertiary/aromatic N) is 1. The number of anilines is 2. The third kappa shape index (κ3) is 5.32. The molecule has 2 amide bonds. The molecule has 3 aromatic carbocycles. The normalized spacial score (nSPS) is 10.4. The Morgan fingerprint density at radius 2 is 1.60 bits per heavy atom. The van der Waals surface area contributed by atoms with E-state index in [1.54, 1.807) is 30.3 Å². The van der Waals surface area contributed by atoms with Crippen LogP contribution >= 0.6 is 23.2 Å². The van der Waals surface area contributed by atoms with E-state index in [2.05, 4.69) is 10.6 Å². The number of nitrogens with one attached hydrogen (secondary N) is 2. The summed E-state index contributed by atoms with van der Waals surface area (Å²) in [6.07, 6.45) is 0. The zero-order valence-corrected chi connectivity index (χ0v) is 18.1. The molecule has 154 valence electrons. The van der Waals surface area contributed by atoms with Crippen molar-refractivity contribution in [2.75, 3.05) is 24.3 Å². The molecule has 0 aliphatic carbocycles. The fourth-order valence-electron chi connectivity index (χ4n) is 2.90. The van der Waals surface area contributed by atoms with Crippen LogP contribution in [0.5, 0.6) is 0 Å². The summed E-state index contributed by atoms with van der Waals surface area (Å²) in [5.41, 5.74) is 3.08. The summed E-state index contributed by atoms with van der Waals surface area (Å²) in [6.45, 7) is 0.409. The molecule has 0 aliphatic heterocycles. The minimum atomic E-state index is -0.346. The molecule has 0 heterocycles. The summed E-state index contributed by atoms with van der Waals surface area (Å²) in [6, 6.07) is 19.5. The van der Waals surface area contributed by atoms with Crippen molar-refractivity contribution in [2.45, 2.75) is 6.54 Å². The van der Waals surface area contributed by atoms with Crippen LogP contribution in [0.25, 0.3) is 0 Å². The number of rotatable bonds is 6. The van der Waals surface area contributed by atoms with E-state index in [4.69, 9.17) is 23.2 Å². The predicted octanol–water partition coefficient (Wildman–Crippen LogP) is 5.24. The first-order valence-electron chi connectivity index (χ1n) is 9.25. The average molecular weight is 442 g/mol. The first-order chi connectivity index (χ1) is 14.3. The van der Waals surface area contributed by atoms with Gasteiger partial charge in [0.1, 0.15) is 0 Å².